The van der Waals surface area contributed by atoms with Gasteiger partial charge in [0.05, 0.1) is 24.1 Å². The molecule has 0 radical (unpaired) electrons. The summed E-state index contributed by atoms with van der Waals surface area (Å²) in [6.45, 7) is 4.22. The number of fused-ring (bicyclic) bond motifs is 2. The molecule has 0 saturated heterocycles. The van der Waals surface area contributed by atoms with Crippen molar-refractivity contribution in [1.82, 2.24) is 0 Å². The SMILES string of the molecule is CC1=C2CCCC(/C=C/C=C3\CCCc4c3cc(-c3ccccc3)[o+]c4C)=C2C=C(c2ccccc2)O1.[O-][Cl+3]([O-])([O-])[O-]. The van der Waals surface area contributed by atoms with E-state index in [-0.39, 0.29) is 0 Å². The summed E-state index contributed by atoms with van der Waals surface area (Å²) in [6, 6.07) is 23.1. The molecule has 0 N–H and O–H groups in total. The normalized spacial score (nSPS) is 17.8. The Morgan fingerprint density at radius 3 is 2.14 bits per heavy atom. The van der Waals surface area contributed by atoms with Gasteiger partial charge in [0.25, 0.3) is 0 Å². The number of aryl methyl sites for hydroxylation is 1. The molecule has 42 heavy (non-hydrogen) atoms. The quantitative estimate of drug-likeness (QED) is 0.404. The largest absolute Gasteiger partial charge is 0.461 e. The van der Waals surface area contributed by atoms with Gasteiger partial charge in [0.2, 0.25) is 0 Å². The van der Waals surface area contributed by atoms with Crippen LogP contribution in [0.5, 0.6) is 0 Å². The number of allylic oxidation sites excluding steroid dienone is 9. The minimum atomic E-state index is -4.94. The number of halogens is 1. The molecule has 0 saturated carbocycles. The summed E-state index contributed by atoms with van der Waals surface area (Å²) in [5.74, 6) is 3.96. The van der Waals surface area contributed by atoms with Crippen LogP contribution in [-0.2, 0) is 11.2 Å². The van der Waals surface area contributed by atoms with Crippen LogP contribution in [0.3, 0.4) is 0 Å². The second-order valence-corrected chi connectivity index (χ2v) is 11.3. The number of rotatable bonds is 4. The van der Waals surface area contributed by atoms with Crippen molar-refractivity contribution in [2.75, 3.05) is 0 Å². The smallest absolute Gasteiger partial charge is 0.360 e. The second-order valence-electron chi connectivity index (χ2n) is 10.5. The van der Waals surface area contributed by atoms with Crippen LogP contribution >= 0.6 is 0 Å². The van der Waals surface area contributed by atoms with E-state index in [1.54, 1.807) is 0 Å². The molecular weight excluding hydrogens is 552 g/mol. The molecule has 216 valence electrons. The van der Waals surface area contributed by atoms with E-state index in [2.05, 4.69) is 92.7 Å². The lowest BCUT2D eigenvalue weighted by Crippen LogP contribution is -2.68. The van der Waals surface area contributed by atoms with Gasteiger partial charge in [-0.3, -0.25) is 0 Å². The van der Waals surface area contributed by atoms with Crippen molar-refractivity contribution < 1.29 is 38.0 Å². The molecule has 6 rings (SSSR count). The molecule has 0 amide bonds. The van der Waals surface area contributed by atoms with E-state index in [4.69, 9.17) is 27.8 Å². The molecule has 0 fully saturated rings. The van der Waals surface area contributed by atoms with Gasteiger partial charge >= 0.3 is 11.5 Å². The van der Waals surface area contributed by atoms with Crippen molar-refractivity contribution in [3.63, 3.8) is 0 Å². The Labute approximate surface area is 248 Å². The average molecular weight is 585 g/mol. The first-order chi connectivity index (χ1) is 20.2. The van der Waals surface area contributed by atoms with E-state index in [0.717, 1.165) is 72.7 Å². The van der Waals surface area contributed by atoms with Crippen LogP contribution in [0.1, 0.15) is 61.5 Å². The van der Waals surface area contributed by atoms with Crippen molar-refractivity contribution in [1.29, 1.82) is 0 Å². The summed E-state index contributed by atoms with van der Waals surface area (Å²) >= 11 is 0. The van der Waals surface area contributed by atoms with Crippen molar-refractivity contribution >= 4 is 11.3 Å². The number of benzene rings is 2. The van der Waals surface area contributed by atoms with Gasteiger partial charge in [-0.1, -0.05) is 66.8 Å². The Balaban J connectivity index is 0.000000652. The summed E-state index contributed by atoms with van der Waals surface area (Å²) in [4.78, 5) is 0. The maximum atomic E-state index is 8.49. The molecule has 1 aliphatic heterocycles. The highest BCUT2D eigenvalue weighted by Crippen LogP contribution is 2.40. The van der Waals surface area contributed by atoms with Gasteiger partial charge < -0.3 is 4.74 Å². The van der Waals surface area contributed by atoms with Crippen molar-refractivity contribution in [3.05, 3.63) is 136 Å². The molecule has 2 aliphatic carbocycles. The lowest BCUT2D eigenvalue weighted by molar-refractivity contribution is -2.00. The maximum Gasteiger partial charge on any atom is 0.360 e. The van der Waals surface area contributed by atoms with Gasteiger partial charge in [0.15, 0.2) is 0 Å². The Kier molecular flexibility index (Phi) is 9.21. The fourth-order valence-electron chi connectivity index (χ4n) is 5.82. The maximum absolute atomic E-state index is 8.49. The predicted octanol–water partition coefficient (Wildman–Crippen LogP) is 4.88. The summed E-state index contributed by atoms with van der Waals surface area (Å²) in [7, 11) is -4.94. The Morgan fingerprint density at radius 1 is 0.810 bits per heavy atom. The fraction of sp³-hybridized carbons (Fsp3) is 0.229. The molecule has 2 heterocycles. The van der Waals surface area contributed by atoms with Crippen LogP contribution in [0.15, 0.2) is 118 Å². The third-order valence-corrected chi connectivity index (χ3v) is 7.73. The van der Waals surface area contributed by atoms with Crippen LogP contribution in [0.25, 0.3) is 22.7 Å². The summed E-state index contributed by atoms with van der Waals surface area (Å²) in [5.41, 5.74) is 10.4. The predicted molar refractivity (Wildman–Crippen MR) is 152 cm³/mol. The topological polar surface area (TPSA) is 113 Å². The molecule has 3 aliphatic rings. The lowest BCUT2D eigenvalue weighted by atomic mass is 9.84. The second kappa shape index (κ2) is 13.0. The zero-order valence-electron chi connectivity index (χ0n) is 23.7. The zero-order valence-corrected chi connectivity index (χ0v) is 24.5. The fourth-order valence-corrected chi connectivity index (χ4v) is 5.82. The molecule has 0 unspecified atom stereocenters. The Bertz CT molecular complexity index is 1590. The van der Waals surface area contributed by atoms with Crippen LogP contribution in [-0.4, -0.2) is 0 Å². The average Bonchev–Trinajstić information content (AvgIpc) is 2.98. The minimum absolute atomic E-state index is 0.942. The van der Waals surface area contributed by atoms with Crippen LogP contribution in [0.4, 0.5) is 0 Å². The van der Waals surface area contributed by atoms with Gasteiger partial charge in [-0.15, -0.1) is 10.2 Å². The summed E-state index contributed by atoms with van der Waals surface area (Å²) in [6.07, 6.45) is 15.8. The highest BCUT2D eigenvalue weighted by atomic mass is 35.7. The minimum Gasteiger partial charge on any atom is -0.461 e. The van der Waals surface area contributed by atoms with Crippen LogP contribution < -0.4 is 18.6 Å². The van der Waals surface area contributed by atoms with Crippen molar-refractivity contribution in [2.24, 2.45) is 0 Å². The molecule has 7 heteroatoms. The first-order valence-electron chi connectivity index (χ1n) is 14.1. The molecule has 0 atom stereocenters. The van der Waals surface area contributed by atoms with E-state index < -0.39 is 10.2 Å². The highest BCUT2D eigenvalue weighted by Gasteiger charge is 2.26. The molecule has 0 spiro atoms. The van der Waals surface area contributed by atoms with Crippen molar-refractivity contribution in [2.45, 2.75) is 52.4 Å². The van der Waals surface area contributed by atoms with Gasteiger partial charge in [0, 0.05) is 5.56 Å². The zero-order chi connectivity index (χ0) is 29.7. The first kappa shape index (κ1) is 29.7. The molecule has 1 aromatic heterocycles. The molecular formula is C35H33ClO6. The van der Waals surface area contributed by atoms with E-state index in [0.29, 0.717) is 0 Å². The Hall–Kier alpha value is -3.78. The molecule has 2 aromatic carbocycles. The lowest BCUT2D eigenvalue weighted by Gasteiger charge is -2.27. The molecule has 0 bridgehead atoms. The van der Waals surface area contributed by atoms with Gasteiger partial charge in [-0.25, -0.2) is 23.1 Å². The van der Waals surface area contributed by atoms with Gasteiger partial charge in [-0.05, 0) is 91.5 Å². The molecule has 3 aromatic rings. The van der Waals surface area contributed by atoms with E-state index in [1.165, 1.54) is 33.4 Å². The standard InChI is InChI=1S/C35H33O2.ClHO4/c1-24-30-20-10-18-26(32(30)22-34(36-24)28-12-5-3-6-13-28)16-9-17-27-19-11-21-31-25(2)37-35(23-33(27)31)29-14-7-4-8-15-29;2-1(3,4)5/h3-9,12-17,22-23H,10-11,18-21H2,1-2H3;(H,2,3,4,5)/q+1;/p-1. The van der Waals surface area contributed by atoms with E-state index in [9.17, 15) is 0 Å². The van der Waals surface area contributed by atoms with Crippen LogP contribution in [0, 0.1) is 17.2 Å². The van der Waals surface area contributed by atoms with Crippen molar-refractivity contribution in [3.8, 4) is 11.3 Å². The molecule has 6 nitrogen and oxygen atoms in total. The summed E-state index contributed by atoms with van der Waals surface area (Å²) in [5, 5.41) is 0. The first-order valence-corrected chi connectivity index (χ1v) is 15.3. The monoisotopic (exact) mass is 584 g/mol. The number of ether oxygens (including phenoxy) is 1. The van der Waals surface area contributed by atoms with Gasteiger partial charge in [0.1, 0.15) is 11.5 Å². The number of hydrogen-bond donors (Lipinski definition) is 0. The third kappa shape index (κ3) is 7.34. The van der Waals surface area contributed by atoms with E-state index >= 15 is 0 Å². The third-order valence-electron chi connectivity index (χ3n) is 7.73. The number of hydrogen-bond acceptors (Lipinski definition) is 5. The highest BCUT2D eigenvalue weighted by molar-refractivity contribution is 5.75. The van der Waals surface area contributed by atoms with Crippen LogP contribution in [0.2, 0.25) is 0 Å². The van der Waals surface area contributed by atoms with E-state index in [1.807, 2.05) is 12.1 Å². The summed E-state index contributed by atoms with van der Waals surface area (Å²) < 4.78 is 46.5. The Morgan fingerprint density at radius 2 is 1.45 bits per heavy atom. The van der Waals surface area contributed by atoms with Gasteiger partial charge in [-0.2, -0.15) is 0 Å².